The molecule has 1 fully saturated rings. The lowest BCUT2D eigenvalue weighted by atomic mass is 9.86. The minimum atomic E-state index is -0.676. The highest BCUT2D eigenvalue weighted by molar-refractivity contribution is 6.05. The minimum Gasteiger partial charge on any atom is -0.496 e. The van der Waals surface area contributed by atoms with Crippen LogP contribution in [0.3, 0.4) is 0 Å². The standard InChI is InChI=1S/C16H22FNO3/c1-4-16(2,18-7-9-21-10-8-18)15(19)13-11-12(17)5-6-14(13)20-3/h5-6,11H,4,7-10H2,1-3H3. The number of Topliss-reactive ketones (excluding diaryl/α,β-unsaturated/α-hetero) is 1. The third-order valence-electron chi connectivity index (χ3n) is 4.29. The van der Waals surface area contributed by atoms with E-state index in [2.05, 4.69) is 4.90 Å². The van der Waals surface area contributed by atoms with E-state index >= 15 is 0 Å². The zero-order valence-electron chi connectivity index (χ0n) is 12.8. The molecule has 1 unspecified atom stereocenters. The number of morpholine rings is 1. The van der Waals surface area contributed by atoms with Crippen LogP contribution in [0.1, 0.15) is 30.6 Å². The molecule has 1 aliphatic heterocycles. The fraction of sp³-hybridized carbons (Fsp3) is 0.562. The second-order valence-corrected chi connectivity index (χ2v) is 5.40. The van der Waals surface area contributed by atoms with Crippen LogP contribution in [0.15, 0.2) is 18.2 Å². The van der Waals surface area contributed by atoms with E-state index in [-0.39, 0.29) is 5.78 Å². The number of carbonyl (C=O) groups excluding carboxylic acids is 1. The lowest BCUT2D eigenvalue weighted by molar-refractivity contribution is -0.0107. The number of benzene rings is 1. The second-order valence-electron chi connectivity index (χ2n) is 5.40. The molecule has 116 valence electrons. The maximum absolute atomic E-state index is 13.5. The number of ether oxygens (including phenoxy) is 2. The highest BCUT2D eigenvalue weighted by Gasteiger charge is 2.40. The van der Waals surface area contributed by atoms with Crippen molar-refractivity contribution in [2.45, 2.75) is 25.8 Å². The summed E-state index contributed by atoms with van der Waals surface area (Å²) in [6, 6.07) is 4.06. The molecular weight excluding hydrogens is 273 g/mol. The number of hydrogen-bond donors (Lipinski definition) is 0. The Morgan fingerprint density at radius 1 is 1.43 bits per heavy atom. The molecule has 21 heavy (non-hydrogen) atoms. The van der Waals surface area contributed by atoms with Gasteiger partial charge >= 0.3 is 0 Å². The molecule has 5 heteroatoms. The van der Waals surface area contributed by atoms with Crippen LogP contribution in [0.5, 0.6) is 5.75 Å². The third-order valence-corrected chi connectivity index (χ3v) is 4.29. The lowest BCUT2D eigenvalue weighted by Gasteiger charge is -2.41. The monoisotopic (exact) mass is 295 g/mol. The van der Waals surface area contributed by atoms with E-state index in [1.807, 2.05) is 13.8 Å². The predicted octanol–water partition coefficient (Wildman–Crippen LogP) is 2.52. The molecular formula is C16H22FNO3. The average Bonchev–Trinajstić information content (AvgIpc) is 2.54. The number of rotatable bonds is 5. The van der Waals surface area contributed by atoms with Crippen molar-refractivity contribution in [3.63, 3.8) is 0 Å². The molecule has 0 saturated carbocycles. The topological polar surface area (TPSA) is 38.8 Å². The van der Waals surface area contributed by atoms with Crippen molar-refractivity contribution in [1.29, 1.82) is 0 Å². The van der Waals surface area contributed by atoms with Crippen LogP contribution >= 0.6 is 0 Å². The van der Waals surface area contributed by atoms with E-state index in [1.165, 1.54) is 25.3 Å². The molecule has 2 rings (SSSR count). The zero-order chi connectivity index (χ0) is 15.5. The summed E-state index contributed by atoms with van der Waals surface area (Å²) >= 11 is 0. The van der Waals surface area contributed by atoms with Crippen LogP contribution in [0, 0.1) is 5.82 Å². The molecule has 0 amide bonds. The predicted molar refractivity (Wildman–Crippen MR) is 78.4 cm³/mol. The van der Waals surface area contributed by atoms with Crippen molar-refractivity contribution < 1.29 is 18.7 Å². The first-order valence-corrected chi connectivity index (χ1v) is 7.24. The van der Waals surface area contributed by atoms with Crippen molar-refractivity contribution in [3.05, 3.63) is 29.6 Å². The fourth-order valence-corrected chi connectivity index (χ4v) is 2.73. The van der Waals surface area contributed by atoms with E-state index in [4.69, 9.17) is 9.47 Å². The number of hydrogen-bond acceptors (Lipinski definition) is 4. The van der Waals surface area contributed by atoms with Gasteiger partial charge in [-0.05, 0) is 31.5 Å². The van der Waals surface area contributed by atoms with Crippen LogP contribution in [0.25, 0.3) is 0 Å². The molecule has 1 aromatic rings. The van der Waals surface area contributed by atoms with Gasteiger partial charge < -0.3 is 9.47 Å². The number of halogens is 1. The SMILES string of the molecule is CCC(C)(C(=O)c1cc(F)ccc1OC)N1CCOCC1. The Hall–Kier alpha value is -1.46. The van der Waals surface area contributed by atoms with Gasteiger partial charge in [0.1, 0.15) is 11.6 Å². The van der Waals surface area contributed by atoms with Gasteiger partial charge in [-0.2, -0.15) is 0 Å². The highest BCUT2D eigenvalue weighted by Crippen LogP contribution is 2.30. The maximum Gasteiger partial charge on any atom is 0.186 e. The van der Waals surface area contributed by atoms with Crippen LogP contribution in [-0.4, -0.2) is 49.6 Å². The number of methoxy groups -OCH3 is 1. The Labute approximate surface area is 124 Å². The molecule has 0 bridgehead atoms. The van der Waals surface area contributed by atoms with E-state index in [0.717, 1.165) is 0 Å². The molecule has 0 N–H and O–H groups in total. The summed E-state index contributed by atoms with van der Waals surface area (Å²) in [5.74, 6) is -0.128. The summed E-state index contributed by atoms with van der Waals surface area (Å²) in [4.78, 5) is 15.1. The van der Waals surface area contributed by atoms with E-state index in [0.29, 0.717) is 44.0 Å². The Kier molecular flexibility index (Phi) is 4.96. The maximum atomic E-state index is 13.5. The third kappa shape index (κ3) is 3.09. The van der Waals surface area contributed by atoms with E-state index in [9.17, 15) is 9.18 Å². The van der Waals surface area contributed by atoms with E-state index < -0.39 is 11.4 Å². The summed E-state index contributed by atoms with van der Waals surface area (Å²) in [5, 5.41) is 0. The molecule has 1 atom stereocenters. The molecule has 0 aromatic heterocycles. The first-order valence-electron chi connectivity index (χ1n) is 7.24. The Morgan fingerprint density at radius 2 is 2.10 bits per heavy atom. The summed E-state index contributed by atoms with van der Waals surface area (Å²) in [7, 11) is 1.49. The molecule has 0 spiro atoms. The van der Waals surface area contributed by atoms with Gasteiger partial charge in [0.15, 0.2) is 5.78 Å². The van der Waals surface area contributed by atoms with Crippen LogP contribution < -0.4 is 4.74 Å². The quantitative estimate of drug-likeness (QED) is 0.783. The molecule has 4 nitrogen and oxygen atoms in total. The molecule has 1 saturated heterocycles. The van der Waals surface area contributed by atoms with Crippen molar-refractivity contribution in [3.8, 4) is 5.75 Å². The lowest BCUT2D eigenvalue weighted by Crippen LogP contribution is -2.56. The van der Waals surface area contributed by atoms with Gasteiger partial charge in [0.25, 0.3) is 0 Å². The van der Waals surface area contributed by atoms with Gasteiger partial charge in [-0.3, -0.25) is 9.69 Å². The Morgan fingerprint density at radius 3 is 2.67 bits per heavy atom. The normalized spacial score (nSPS) is 19.0. The molecule has 1 aromatic carbocycles. The first kappa shape index (κ1) is 15.9. The molecule has 0 radical (unpaired) electrons. The second kappa shape index (κ2) is 6.54. The smallest absolute Gasteiger partial charge is 0.186 e. The van der Waals surface area contributed by atoms with Gasteiger partial charge in [0.05, 0.1) is 31.4 Å². The Bertz CT molecular complexity index is 514. The Balaban J connectivity index is 2.37. The number of nitrogens with zero attached hydrogens (tertiary/aromatic N) is 1. The summed E-state index contributed by atoms with van der Waals surface area (Å²) < 4.78 is 24.1. The minimum absolute atomic E-state index is 0.108. The van der Waals surface area contributed by atoms with Crippen LogP contribution in [0.2, 0.25) is 0 Å². The molecule has 1 aliphatic rings. The number of carbonyl (C=O) groups is 1. The van der Waals surface area contributed by atoms with Gasteiger partial charge in [0, 0.05) is 13.1 Å². The number of ketones is 1. The van der Waals surface area contributed by atoms with Gasteiger partial charge in [0.2, 0.25) is 0 Å². The molecule has 0 aliphatic carbocycles. The van der Waals surface area contributed by atoms with Gasteiger partial charge in [-0.1, -0.05) is 6.92 Å². The van der Waals surface area contributed by atoms with Crippen LogP contribution in [-0.2, 0) is 4.74 Å². The summed E-state index contributed by atoms with van der Waals surface area (Å²) in [5.41, 5.74) is -0.376. The van der Waals surface area contributed by atoms with Crippen molar-refractivity contribution in [1.82, 2.24) is 4.90 Å². The van der Waals surface area contributed by atoms with Gasteiger partial charge in [-0.25, -0.2) is 4.39 Å². The summed E-state index contributed by atoms with van der Waals surface area (Å²) in [6.07, 6.45) is 0.644. The van der Waals surface area contributed by atoms with Crippen molar-refractivity contribution in [2.24, 2.45) is 0 Å². The molecule has 1 heterocycles. The zero-order valence-corrected chi connectivity index (χ0v) is 12.8. The average molecular weight is 295 g/mol. The van der Waals surface area contributed by atoms with Crippen molar-refractivity contribution in [2.75, 3.05) is 33.4 Å². The fourth-order valence-electron chi connectivity index (χ4n) is 2.73. The summed E-state index contributed by atoms with van der Waals surface area (Å²) in [6.45, 7) is 6.51. The highest BCUT2D eigenvalue weighted by atomic mass is 19.1. The largest absolute Gasteiger partial charge is 0.496 e. The van der Waals surface area contributed by atoms with Crippen molar-refractivity contribution >= 4 is 5.78 Å². The first-order chi connectivity index (χ1) is 10.0. The van der Waals surface area contributed by atoms with Gasteiger partial charge in [-0.15, -0.1) is 0 Å². The van der Waals surface area contributed by atoms with E-state index in [1.54, 1.807) is 0 Å². The van der Waals surface area contributed by atoms with Crippen LogP contribution in [0.4, 0.5) is 4.39 Å².